The lowest BCUT2D eigenvalue weighted by molar-refractivity contribution is -0.121. The van der Waals surface area contributed by atoms with Gasteiger partial charge < -0.3 is 5.32 Å². The van der Waals surface area contributed by atoms with Crippen LogP contribution in [0.5, 0.6) is 0 Å². The van der Waals surface area contributed by atoms with Crippen molar-refractivity contribution >= 4 is 17.2 Å². The van der Waals surface area contributed by atoms with E-state index in [1.807, 2.05) is 60.3 Å². The second-order valence-corrected chi connectivity index (χ2v) is 6.55. The Morgan fingerprint density at radius 3 is 2.75 bits per heavy atom. The minimum absolute atomic E-state index is 0.0109. The van der Waals surface area contributed by atoms with Crippen LogP contribution in [0.15, 0.2) is 41.8 Å². The van der Waals surface area contributed by atoms with Gasteiger partial charge in [-0.15, -0.1) is 11.3 Å². The fourth-order valence-electron chi connectivity index (χ4n) is 2.49. The molecule has 2 heterocycles. The van der Waals surface area contributed by atoms with Gasteiger partial charge in [-0.2, -0.15) is 5.10 Å². The molecular formula is C18H20N4OS. The Morgan fingerprint density at radius 1 is 1.25 bits per heavy atom. The van der Waals surface area contributed by atoms with Gasteiger partial charge >= 0.3 is 0 Å². The van der Waals surface area contributed by atoms with Crippen molar-refractivity contribution in [2.75, 3.05) is 0 Å². The molecule has 5 nitrogen and oxygen atoms in total. The number of carbonyl (C=O) groups excluding carboxylic acids is 1. The van der Waals surface area contributed by atoms with E-state index in [1.54, 1.807) is 11.3 Å². The molecule has 0 aliphatic heterocycles. The van der Waals surface area contributed by atoms with Crippen LogP contribution < -0.4 is 5.32 Å². The minimum Gasteiger partial charge on any atom is -0.350 e. The Balaban J connectivity index is 1.50. The maximum absolute atomic E-state index is 12.0. The summed E-state index contributed by atoms with van der Waals surface area (Å²) in [7, 11) is 0. The van der Waals surface area contributed by atoms with E-state index < -0.39 is 0 Å². The van der Waals surface area contributed by atoms with Gasteiger partial charge in [-0.3, -0.25) is 9.48 Å². The van der Waals surface area contributed by atoms with Crippen molar-refractivity contribution in [3.05, 3.63) is 58.9 Å². The molecule has 3 rings (SSSR count). The Bertz CT molecular complexity index is 823. The summed E-state index contributed by atoms with van der Waals surface area (Å²) in [5.41, 5.74) is 4.04. The third-order valence-electron chi connectivity index (χ3n) is 3.69. The highest BCUT2D eigenvalue weighted by Crippen LogP contribution is 2.23. The van der Waals surface area contributed by atoms with Crippen LogP contribution in [0.1, 0.15) is 23.5 Å². The molecule has 0 saturated carbocycles. The van der Waals surface area contributed by atoms with E-state index in [4.69, 9.17) is 0 Å². The maximum atomic E-state index is 12.0. The number of rotatable bonds is 6. The van der Waals surface area contributed by atoms with Gasteiger partial charge in [-0.25, -0.2) is 4.98 Å². The molecule has 3 aromatic rings. The number of benzene rings is 1. The number of hydrogen-bond acceptors (Lipinski definition) is 4. The lowest BCUT2D eigenvalue weighted by Crippen LogP contribution is -2.24. The van der Waals surface area contributed by atoms with E-state index in [0.29, 0.717) is 19.5 Å². The Kier molecular flexibility index (Phi) is 5.05. The van der Waals surface area contributed by atoms with E-state index >= 15 is 0 Å². The molecule has 0 saturated heterocycles. The molecule has 124 valence electrons. The van der Waals surface area contributed by atoms with Crippen molar-refractivity contribution in [3.63, 3.8) is 0 Å². The molecule has 0 radical (unpaired) electrons. The molecule has 2 aromatic heterocycles. The van der Waals surface area contributed by atoms with Crippen LogP contribution >= 0.6 is 11.3 Å². The number of nitrogens with zero attached hydrogens (tertiary/aromatic N) is 3. The molecule has 1 amide bonds. The number of aryl methyl sites for hydroxylation is 3. The van der Waals surface area contributed by atoms with Gasteiger partial charge in [-0.1, -0.05) is 30.3 Å². The van der Waals surface area contributed by atoms with E-state index in [-0.39, 0.29) is 5.91 Å². The van der Waals surface area contributed by atoms with Gasteiger partial charge in [0.2, 0.25) is 5.91 Å². The Morgan fingerprint density at radius 2 is 2.04 bits per heavy atom. The highest BCUT2D eigenvalue weighted by atomic mass is 32.1. The zero-order valence-electron chi connectivity index (χ0n) is 13.8. The van der Waals surface area contributed by atoms with E-state index in [0.717, 1.165) is 27.7 Å². The van der Waals surface area contributed by atoms with Gasteiger partial charge in [0.15, 0.2) is 0 Å². The Labute approximate surface area is 145 Å². The summed E-state index contributed by atoms with van der Waals surface area (Å²) < 4.78 is 1.87. The van der Waals surface area contributed by atoms with E-state index in [2.05, 4.69) is 15.4 Å². The average molecular weight is 340 g/mol. The average Bonchev–Trinajstić information content (AvgIpc) is 3.18. The molecule has 0 atom stereocenters. The first kappa shape index (κ1) is 16.4. The van der Waals surface area contributed by atoms with Crippen LogP contribution in [0, 0.1) is 13.8 Å². The van der Waals surface area contributed by atoms with Crippen LogP contribution in [-0.4, -0.2) is 20.7 Å². The monoisotopic (exact) mass is 340 g/mol. The predicted octanol–water partition coefficient (Wildman–Crippen LogP) is 3.33. The minimum atomic E-state index is 0.0109. The van der Waals surface area contributed by atoms with E-state index in [1.165, 1.54) is 0 Å². The van der Waals surface area contributed by atoms with Gasteiger partial charge in [0.1, 0.15) is 5.01 Å². The molecule has 24 heavy (non-hydrogen) atoms. The third kappa shape index (κ3) is 4.08. The van der Waals surface area contributed by atoms with Gasteiger partial charge in [0.25, 0.3) is 0 Å². The molecule has 0 aliphatic rings. The standard InChI is InChI=1S/C18H20N4OS/c1-13-10-14(2)22(21-13)9-8-17(23)19-11-16-12-24-18(20-16)15-6-4-3-5-7-15/h3-7,10,12H,8-9,11H2,1-2H3,(H,19,23). The van der Waals surface area contributed by atoms with Crippen molar-refractivity contribution in [2.45, 2.75) is 33.4 Å². The third-order valence-corrected chi connectivity index (χ3v) is 4.63. The van der Waals surface area contributed by atoms with E-state index in [9.17, 15) is 4.79 Å². The summed E-state index contributed by atoms with van der Waals surface area (Å²) in [5.74, 6) is 0.0109. The first-order valence-corrected chi connectivity index (χ1v) is 8.77. The number of amides is 1. The summed E-state index contributed by atoms with van der Waals surface area (Å²) in [6.45, 7) is 5.01. The fraction of sp³-hybridized carbons (Fsp3) is 0.278. The van der Waals surface area contributed by atoms with Crippen molar-refractivity contribution in [1.29, 1.82) is 0 Å². The van der Waals surface area contributed by atoms with Crippen LogP contribution in [-0.2, 0) is 17.9 Å². The maximum Gasteiger partial charge on any atom is 0.222 e. The molecule has 6 heteroatoms. The first-order valence-electron chi connectivity index (χ1n) is 7.89. The molecular weight excluding hydrogens is 320 g/mol. The number of aromatic nitrogens is 3. The summed E-state index contributed by atoms with van der Waals surface area (Å²) in [6.07, 6.45) is 0.414. The normalized spacial score (nSPS) is 10.8. The summed E-state index contributed by atoms with van der Waals surface area (Å²) in [5, 5.41) is 10.3. The molecule has 0 spiro atoms. The Hall–Kier alpha value is -2.47. The van der Waals surface area contributed by atoms with Crippen molar-refractivity contribution in [3.8, 4) is 10.6 Å². The lowest BCUT2D eigenvalue weighted by atomic mass is 10.2. The summed E-state index contributed by atoms with van der Waals surface area (Å²) in [6, 6.07) is 12.1. The van der Waals surface area contributed by atoms with Gasteiger partial charge in [-0.05, 0) is 19.9 Å². The number of nitrogens with one attached hydrogen (secondary N) is 1. The lowest BCUT2D eigenvalue weighted by Gasteiger charge is -2.05. The molecule has 0 fully saturated rings. The van der Waals surface area contributed by atoms with Crippen molar-refractivity contribution in [1.82, 2.24) is 20.1 Å². The topological polar surface area (TPSA) is 59.8 Å². The number of carbonyl (C=O) groups is 1. The zero-order valence-corrected chi connectivity index (χ0v) is 14.6. The summed E-state index contributed by atoms with van der Waals surface area (Å²) >= 11 is 1.59. The SMILES string of the molecule is Cc1cc(C)n(CCC(=O)NCc2csc(-c3ccccc3)n2)n1. The van der Waals surface area contributed by atoms with Crippen LogP contribution in [0.2, 0.25) is 0 Å². The van der Waals surface area contributed by atoms with Crippen molar-refractivity contribution < 1.29 is 4.79 Å². The first-order chi connectivity index (χ1) is 11.6. The highest BCUT2D eigenvalue weighted by Gasteiger charge is 2.08. The van der Waals surface area contributed by atoms with Crippen LogP contribution in [0.3, 0.4) is 0 Å². The smallest absolute Gasteiger partial charge is 0.222 e. The van der Waals surface area contributed by atoms with Gasteiger partial charge in [0.05, 0.1) is 17.9 Å². The predicted molar refractivity (Wildman–Crippen MR) is 95.7 cm³/mol. The quantitative estimate of drug-likeness (QED) is 0.749. The fourth-order valence-corrected chi connectivity index (χ4v) is 3.31. The molecule has 0 aliphatic carbocycles. The molecule has 0 unspecified atom stereocenters. The second-order valence-electron chi connectivity index (χ2n) is 5.69. The molecule has 1 aromatic carbocycles. The van der Waals surface area contributed by atoms with Crippen LogP contribution in [0.4, 0.5) is 0 Å². The molecule has 0 bridgehead atoms. The van der Waals surface area contributed by atoms with Gasteiger partial charge in [0, 0.05) is 29.6 Å². The largest absolute Gasteiger partial charge is 0.350 e. The zero-order chi connectivity index (χ0) is 16.9. The highest BCUT2D eigenvalue weighted by molar-refractivity contribution is 7.13. The second kappa shape index (κ2) is 7.40. The number of thiazole rings is 1. The summed E-state index contributed by atoms with van der Waals surface area (Å²) in [4.78, 5) is 16.6. The van der Waals surface area contributed by atoms with Crippen molar-refractivity contribution in [2.24, 2.45) is 0 Å². The number of hydrogen-bond donors (Lipinski definition) is 1. The van der Waals surface area contributed by atoms with Crippen LogP contribution in [0.25, 0.3) is 10.6 Å². The molecule has 1 N–H and O–H groups in total.